The zero-order valence-electron chi connectivity index (χ0n) is 9.02. The molecule has 0 bridgehead atoms. The van der Waals surface area contributed by atoms with Gasteiger partial charge in [-0.3, -0.25) is 9.59 Å². The van der Waals surface area contributed by atoms with E-state index in [1.54, 1.807) is 32.4 Å². The molecule has 1 N–H and O–H groups in total. The van der Waals surface area contributed by atoms with Gasteiger partial charge in [0.2, 0.25) is 5.43 Å². The summed E-state index contributed by atoms with van der Waals surface area (Å²) in [4.78, 5) is 31.9. The third kappa shape index (κ3) is 1.56. The third-order valence-corrected chi connectivity index (χ3v) is 2.29. The van der Waals surface area contributed by atoms with E-state index in [-0.39, 0.29) is 16.9 Å². The number of H-pyrrole nitrogens is 1. The average Bonchev–Trinajstić information content (AvgIpc) is 2.29. The molecule has 0 aromatic carbocycles. The fourth-order valence-electron chi connectivity index (χ4n) is 1.45. The van der Waals surface area contributed by atoms with Crippen LogP contribution in [-0.4, -0.2) is 34.9 Å². The lowest BCUT2D eigenvalue weighted by Crippen LogP contribution is -2.27. The zero-order valence-corrected chi connectivity index (χ0v) is 9.02. The summed E-state index contributed by atoms with van der Waals surface area (Å²) < 4.78 is 0. The molecular weight excluding hydrogens is 206 g/mol. The summed E-state index contributed by atoms with van der Waals surface area (Å²) >= 11 is 0. The number of pyridine rings is 2. The van der Waals surface area contributed by atoms with Gasteiger partial charge in [0.15, 0.2) is 0 Å². The maximum Gasteiger partial charge on any atom is 0.258 e. The first-order valence-corrected chi connectivity index (χ1v) is 4.79. The normalized spacial score (nSPS) is 10.4. The second kappa shape index (κ2) is 3.77. The molecule has 0 aliphatic carbocycles. The minimum absolute atomic E-state index is 0.130. The highest BCUT2D eigenvalue weighted by Crippen LogP contribution is 2.04. The zero-order chi connectivity index (χ0) is 11.7. The molecular formula is C11H11N3O2. The molecule has 5 heteroatoms. The van der Waals surface area contributed by atoms with Gasteiger partial charge in [-0.05, 0) is 12.1 Å². The Balaban J connectivity index is 2.71. The minimum Gasteiger partial charge on any atom is -0.345 e. The minimum atomic E-state index is -0.313. The number of hydrogen-bond donors (Lipinski definition) is 1. The number of carbonyl (C=O) groups excluding carboxylic acids is 1. The van der Waals surface area contributed by atoms with E-state index in [1.165, 1.54) is 11.1 Å². The Morgan fingerprint density at radius 2 is 2.19 bits per heavy atom. The maximum atomic E-state index is 12.0. The van der Waals surface area contributed by atoms with Gasteiger partial charge in [-0.2, -0.15) is 0 Å². The highest BCUT2D eigenvalue weighted by Gasteiger charge is 2.14. The van der Waals surface area contributed by atoms with Crippen molar-refractivity contribution in [2.45, 2.75) is 0 Å². The Bertz CT molecular complexity index is 601. The first-order valence-electron chi connectivity index (χ1n) is 4.79. The molecule has 0 saturated heterocycles. The largest absolute Gasteiger partial charge is 0.345 e. The number of nitrogens with zero attached hydrogens (tertiary/aromatic N) is 2. The van der Waals surface area contributed by atoms with E-state index in [0.717, 1.165) is 0 Å². The van der Waals surface area contributed by atoms with E-state index in [0.29, 0.717) is 11.0 Å². The van der Waals surface area contributed by atoms with Gasteiger partial charge in [-0.1, -0.05) is 0 Å². The summed E-state index contributed by atoms with van der Waals surface area (Å²) in [5.74, 6) is -0.313. The van der Waals surface area contributed by atoms with Crippen molar-refractivity contribution in [3.05, 3.63) is 40.3 Å². The van der Waals surface area contributed by atoms with E-state index in [9.17, 15) is 9.59 Å². The topological polar surface area (TPSA) is 66.1 Å². The predicted molar refractivity (Wildman–Crippen MR) is 60.4 cm³/mol. The third-order valence-electron chi connectivity index (χ3n) is 2.29. The smallest absolute Gasteiger partial charge is 0.258 e. The van der Waals surface area contributed by atoms with Crippen LogP contribution in [0.1, 0.15) is 10.4 Å². The van der Waals surface area contributed by atoms with Crippen molar-refractivity contribution in [1.82, 2.24) is 14.9 Å². The molecule has 2 aromatic heterocycles. The van der Waals surface area contributed by atoms with Crippen LogP contribution in [0.5, 0.6) is 0 Å². The highest BCUT2D eigenvalue weighted by atomic mass is 16.2. The maximum absolute atomic E-state index is 12.0. The molecule has 5 nitrogen and oxygen atoms in total. The lowest BCUT2D eigenvalue weighted by Gasteiger charge is -2.09. The van der Waals surface area contributed by atoms with Crippen molar-refractivity contribution in [1.29, 1.82) is 0 Å². The first-order chi connectivity index (χ1) is 7.61. The summed E-state index contributed by atoms with van der Waals surface area (Å²) in [6.45, 7) is 0. The number of fused-ring (bicyclic) bond motifs is 1. The lowest BCUT2D eigenvalue weighted by molar-refractivity contribution is 0.0826. The quantitative estimate of drug-likeness (QED) is 0.761. The number of aromatic amines is 1. The van der Waals surface area contributed by atoms with E-state index in [1.807, 2.05) is 0 Å². The molecule has 2 rings (SSSR count). The summed E-state index contributed by atoms with van der Waals surface area (Å²) in [6.07, 6.45) is 2.99. The lowest BCUT2D eigenvalue weighted by atomic mass is 10.2. The predicted octanol–water partition coefficient (Wildman–Crippen LogP) is 0.625. The molecule has 0 spiro atoms. The summed E-state index contributed by atoms with van der Waals surface area (Å²) in [6, 6.07) is 3.31. The van der Waals surface area contributed by atoms with Crippen LogP contribution in [0.4, 0.5) is 0 Å². The van der Waals surface area contributed by atoms with Gasteiger partial charge in [0.1, 0.15) is 11.2 Å². The van der Waals surface area contributed by atoms with Crippen molar-refractivity contribution < 1.29 is 4.79 Å². The van der Waals surface area contributed by atoms with Crippen molar-refractivity contribution in [2.75, 3.05) is 14.1 Å². The van der Waals surface area contributed by atoms with Crippen LogP contribution in [0.3, 0.4) is 0 Å². The van der Waals surface area contributed by atoms with E-state index >= 15 is 0 Å². The van der Waals surface area contributed by atoms with Gasteiger partial charge in [0.05, 0.1) is 5.39 Å². The molecule has 0 saturated carbocycles. The average molecular weight is 217 g/mol. The fourth-order valence-corrected chi connectivity index (χ4v) is 1.45. The molecule has 0 fully saturated rings. The molecule has 1 amide bonds. The Morgan fingerprint density at radius 3 is 2.88 bits per heavy atom. The Morgan fingerprint density at radius 1 is 1.44 bits per heavy atom. The standard InChI is InChI=1S/C11H11N3O2/c1-14(2)11(16)8-6-13-10-7(9(8)15)4-3-5-12-10/h3-6H,1-2H3,(H,12,13,15). The summed E-state index contributed by atoms with van der Waals surface area (Å²) in [5, 5.41) is 0.426. The summed E-state index contributed by atoms with van der Waals surface area (Å²) in [7, 11) is 3.21. The second-order valence-corrected chi connectivity index (χ2v) is 3.63. The molecule has 16 heavy (non-hydrogen) atoms. The Hall–Kier alpha value is -2.17. The number of hydrogen-bond acceptors (Lipinski definition) is 3. The highest BCUT2D eigenvalue weighted by molar-refractivity contribution is 5.96. The van der Waals surface area contributed by atoms with Gasteiger partial charge in [0, 0.05) is 26.5 Å². The number of nitrogens with one attached hydrogen (secondary N) is 1. The van der Waals surface area contributed by atoms with Crippen molar-refractivity contribution in [3.8, 4) is 0 Å². The van der Waals surface area contributed by atoms with Crippen molar-refractivity contribution >= 4 is 16.9 Å². The van der Waals surface area contributed by atoms with Crippen molar-refractivity contribution in [2.24, 2.45) is 0 Å². The number of aromatic nitrogens is 2. The Kier molecular flexibility index (Phi) is 2.44. The van der Waals surface area contributed by atoms with E-state index < -0.39 is 0 Å². The Labute approximate surface area is 91.7 Å². The molecule has 2 heterocycles. The van der Waals surface area contributed by atoms with Crippen LogP contribution in [0, 0.1) is 0 Å². The SMILES string of the molecule is CN(C)C(=O)c1c[nH]c2ncccc2c1=O. The molecule has 82 valence electrons. The van der Waals surface area contributed by atoms with Gasteiger partial charge in [-0.15, -0.1) is 0 Å². The molecule has 0 unspecified atom stereocenters. The molecule has 0 aliphatic heterocycles. The van der Waals surface area contributed by atoms with Crippen LogP contribution in [0.15, 0.2) is 29.3 Å². The fraction of sp³-hybridized carbons (Fsp3) is 0.182. The van der Waals surface area contributed by atoms with Crippen molar-refractivity contribution in [3.63, 3.8) is 0 Å². The van der Waals surface area contributed by atoms with Gasteiger partial charge in [0.25, 0.3) is 5.91 Å². The van der Waals surface area contributed by atoms with Gasteiger partial charge < -0.3 is 9.88 Å². The second-order valence-electron chi connectivity index (χ2n) is 3.63. The van der Waals surface area contributed by atoms with Crippen LogP contribution in [-0.2, 0) is 0 Å². The van der Waals surface area contributed by atoms with E-state index in [4.69, 9.17) is 0 Å². The molecule has 0 atom stereocenters. The number of carbonyl (C=O) groups is 1. The summed E-state index contributed by atoms with van der Waals surface area (Å²) in [5.41, 5.74) is 0.328. The number of amides is 1. The molecule has 0 aliphatic rings. The molecule has 2 aromatic rings. The number of rotatable bonds is 1. The van der Waals surface area contributed by atoms with Gasteiger partial charge >= 0.3 is 0 Å². The monoisotopic (exact) mass is 217 g/mol. The van der Waals surface area contributed by atoms with Crippen LogP contribution < -0.4 is 5.43 Å². The van der Waals surface area contributed by atoms with Crippen LogP contribution >= 0.6 is 0 Å². The van der Waals surface area contributed by atoms with Crippen LogP contribution in [0.2, 0.25) is 0 Å². The van der Waals surface area contributed by atoms with Crippen LogP contribution in [0.25, 0.3) is 11.0 Å². The van der Waals surface area contributed by atoms with Gasteiger partial charge in [-0.25, -0.2) is 4.98 Å². The molecule has 0 radical (unpaired) electrons. The van der Waals surface area contributed by atoms with E-state index in [2.05, 4.69) is 9.97 Å². The first kappa shape index (κ1) is 10.4.